The summed E-state index contributed by atoms with van der Waals surface area (Å²) in [6.07, 6.45) is 0.902. The second-order valence-corrected chi connectivity index (χ2v) is 6.44. The molecule has 0 amide bonds. The molecule has 2 N–H and O–H groups in total. The number of aliphatic imine (C=N–C) groups is 1. The van der Waals surface area contributed by atoms with Crippen LogP contribution in [-0.4, -0.2) is 43.1 Å². The van der Waals surface area contributed by atoms with Crippen molar-refractivity contribution in [1.82, 2.24) is 35.2 Å². The predicted octanol–water partition coefficient (Wildman–Crippen LogP) is 1.78. The van der Waals surface area contributed by atoms with Crippen LogP contribution in [0.4, 0.5) is 0 Å². The average molecular weight is 474 g/mol. The Morgan fingerprint density at radius 2 is 1.88 bits per heavy atom. The molecule has 0 bridgehead atoms. The molecule has 146 valence electrons. The van der Waals surface area contributed by atoms with Crippen molar-refractivity contribution in [3.63, 3.8) is 0 Å². The van der Waals surface area contributed by atoms with Crippen LogP contribution in [0.1, 0.15) is 42.4 Å². The molecule has 0 aliphatic carbocycles. The van der Waals surface area contributed by atoms with E-state index in [2.05, 4.69) is 58.6 Å². The minimum atomic E-state index is 0. The molecule has 2 heterocycles. The van der Waals surface area contributed by atoms with Crippen molar-refractivity contribution in [1.29, 1.82) is 0 Å². The molecule has 0 saturated heterocycles. The molecule has 1 atom stereocenters. The maximum Gasteiger partial charge on any atom is 0.191 e. The molecule has 8 nitrogen and oxygen atoms in total. The Kier molecular flexibility index (Phi) is 8.51. The summed E-state index contributed by atoms with van der Waals surface area (Å²) >= 11 is 0. The van der Waals surface area contributed by atoms with Crippen molar-refractivity contribution in [3.05, 3.63) is 28.6 Å². The van der Waals surface area contributed by atoms with Crippen LogP contribution in [-0.2, 0) is 27.1 Å². The molecule has 0 saturated carbocycles. The highest BCUT2D eigenvalue weighted by Gasteiger charge is 2.14. The maximum absolute atomic E-state index is 4.64. The summed E-state index contributed by atoms with van der Waals surface area (Å²) in [6, 6.07) is 0.237. The number of aryl methyl sites for hydroxylation is 3. The maximum atomic E-state index is 4.64. The molecule has 9 heteroatoms. The predicted molar refractivity (Wildman–Crippen MR) is 115 cm³/mol. The minimum Gasteiger partial charge on any atom is -0.357 e. The fraction of sp³-hybridized carbons (Fsp3) is 0.647. The third kappa shape index (κ3) is 5.42. The van der Waals surface area contributed by atoms with Gasteiger partial charge in [-0.05, 0) is 46.6 Å². The van der Waals surface area contributed by atoms with E-state index in [4.69, 9.17) is 0 Å². The lowest BCUT2D eigenvalue weighted by Crippen LogP contribution is -2.43. The summed E-state index contributed by atoms with van der Waals surface area (Å²) in [6.45, 7) is 11.6. The van der Waals surface area contributed by atoms with Crippen molar-refractivity contribution in [2.24, 2.45) is 19.1 Å². The molecule has 1 unspecified atom stereocenters. The Balaban J connectivity index is 0.00000338. The van der Waals surface area contributed by atoms with Gasteiger partial charge in [0.2, 0.25) is 0 Å². The summed E-state index contributed by atoms with van der Waals surface area (Å²) in [5.74, 6) is 2.52. The Morgan fingerprint density at radius 1 is 1.19 bits per heavy atom. The number of rotatable bonds is 6. The van der Waals surface area contributed by atoms with E-state index in [9.17, 15) is 0 Å². The molecule has 0 spiro atoms. The first-order valence-electron chi connectivity index (χ1n) is 8.72. The number of halogens is 1. The molecule has 2 aromatic rings. The average Bonchev–Trinajstić information content (AvgIpc) is 2.99. The van der Waals surface area contributed by atoms with E-state index >= 15 is 0 Å². The zero-order chi connectivity index (χ0) is 18.6. The van der Waals surface area contributed by atoms with E-state index in [-0.39, 0.29) is 30.0 Å². The standard InChI is InChI=1S/C17H30N8.HI/c1-8-18-17(19-10-16-22-21-14(5)24(16)6)20-11(2)9-15-12(3)23-25(7)13(15)4;/h11H,8-10H2,1-7H3,(H2,18,19,20);1H. The van der Waals surface area contributed by atoms with E-state index in [1.165, 1.54) is 11.3 Å². The molecule has 26 heavy (non-hydrogen) atoms. The molecule has 0 radical (unpaired) electrons. The van der Waals surface area contributed by atoms with Crippen LogP contribution >= 0.6 is 24.0 Å². The SMILES string of the molecule is CCNC(=NCc1nnc(C)n1C)NC(C)Cc1c(C)nn(C)c1C.I. The number of nitrogens with zero attached hydrogens (tertiary/aromatic N) is 6. The number of nitrogens with one attached hydrogen (secondary N) is 2. The van der Waals surface area contributed by atoms with Gasteiger partial charge in [0.1, 0.15) is 12.4 Å². The Morgan fingerprint density at radius 3 is 2.38 bits per heavy atom. The lowest BCUT2D eigenvalue weighted by molar-refractivity contribution is 0.634. The number of hydrogen-bond donors (Lipinski definition) is 2. The second kappa shape index (κ2) is 9.89. The lowest BCUT2D eigenvalue weighted by Gasteiger charge is -2.18. The minimum absolute atomic E-state index is 0. The fourth-order valence-electron chi connectivity index (χ4n) is 2.76. The van der Waals surface area contributed by atoms with Crippen LogP contribution in [0.15, 0.2) is 4.99 Å². The zero-order valence-electron chi connectivity index (χ0n) is 16.8. The molecule has 2 aromatic heterocycles. The Labute approximate surface area is 172 Å². The highest BCUT2D eigenvalue weighted by atomic mass is 127. The van der Waals surface area contributed by atoms with E-state index in [0.717, 1.165) is 36.3 Å². The van der Waals surface area contributed by atoms with E-state index < -0.39 is 0 Å². The summed E-state index contributed by atoms with van der Waals surface area (Å²) in [7, 11) is 3.94. The van der Waals surface area contributed by atoms with Crippen molar-refractivity contribution >= 4 is 29.9 Å². The monoisotopic (exact) mass is 474 g/mol. The lowest BCUT2D eigenvalue weighted by atomic mass is 10.1. The van der Waals surface area contributed by atoms with Gasteiger partial charge in [-0.25, -0.2) is 4.99 Å². The largest absolute Gasteiger partial charge is 0.357 e. The third-order valence-corrected chi connectivity index (χ3v) is 4.46. The van der Waals surface area contributed by atoms with Crippen LogP contribution < -0.4 is 10.6 Å². The summed E-state index contributed by atoms with van der Waals surface area (Å²) in [4.78, 5) is 4.64. The van der Waals surface area contributed by atoms with Crippen LogP contribution in [0.2, 0.25) is 0 Å². The summed E-state index contributed by atoms with van der Waals surface area (Å²) < 4.78 is 3.89. The molecule has 0 aromatic carbocycles. The van der Waals surface area contributed by atoms with Gasteiger partial charge in [-0.15, -0.1) is 34.2 Å². The van der Waals surface area contributed by atoms with Gasteiger partial charge in [0.05, 0.1) is 5.69 Å². The van der Waals surface area contributed by atoms with Gasteiger partial charge in [0, 0.05) is 32.4 Å². The van der Waals surface area contributed by atoms with Crippen molar-refractivity contribution < 1.29 is 0 Å². The number of guanidine groups is 1. The van der Waals surface area contributed by atoms with Crippen LogP contribution in [0, 0.1) is 20.8 Å². The van der Waals surface area contributed by atoms with Crippen molar-refractivity contribution in [3.8, 4) is 0 Å². The molecule has 2 rings (SSSR count). The van der Waals surface area contributed by atoms with Crippen molar-refractivity contribution in [2.45, 2.75) is 53.6 Å². The summed E-state index contributed by atoms with van der Waals surface area (Å²) in [5, 5.41) is 19.5. The van der Waals surface area contributed by atoms with Crippen LogP contribution in [0.3, 0.4) is 0 Å². The highest BCUT2D eigenvalue weighted by Crippen LogP contribution is 2.14. The van der Waals surface area contributed by atoms with E-state index in [1.807, 2.05) is 30.3 Å². The second-order valence-electron chi connectivity index (χ2n) is 6.44. The van der Waals surface area contributed by atoms with Gasteiger partial charge in [0.15, 0.2) is 11.8 Å². The van der Waals surface area contributed by atoms with Gasteiger partial charge in [-0.1, -0.05) is 0 Å². The first-order valence-corrected chi connectivity index (χ1v) is 8.72. The van der Waals surface area contributed by atoms with Crippen LogP contribution in [0.5, 0.6) is 0 Å². The van der Waals surface area contributed by atoms with Gasteiger partial charge >= 0.3 is 0 Å². The fourth-order valence-corrected chi connectivity index (χ4v) is 2.76. The zero-order valence-corrected chi connectivity index (χ0v) is 19.1. The number of hydrogen-bond acceptors (Lipinski definition) is 4. The van der Waals surface area contributed by atoms with E-state index in [1.54, 1.807) is 0 Å². The normalized spacial score (nSPS) is 12.7. The molecule has 0 aliphatic heterocycles. The summed E-state index contributed by atoms with van der Waals surface area (Å²) in [5.41, 5.74) is 3.59. The molecular weight excluding hydrogens is 443 g/mol. The topological polar surface area (TPSA) is 84.9 Å². The Bertz CT molecular complexity index is 746. The van der Waals surface area contributed by atoms with Gasteiger partial charge < -0.3 is 15.2 Å². The molecule has 0 aliphatic rings. The van der Waals surface area contributed by atoms with Crippen molar-refractivity contribution in [2.75, 3.05) is 6.54 Å². The molecule has 0 fully saturated rings. The smallest absolute Gasteiger partial charge is 0.191 e. The van der Waals surface area contributed by atoms with Gasteiger partial charge in [-0.2, -0.15) is 5.10 Å². The Hall–Kier alpha value is -1.65. The quantitative estimate of drug-likeness (QED) is 0.379. The highest BCUT2D eigenvalue weighted by molar-refractivity contribution is 14.0. The third-order valence-electron chi connectivity index (χ3n) is 4.46. The van der Waals surface area contributed by atoms with E-state index in [0.29, 0.717) is 6.54 Å². The van der Waals surface area contributed by atoms with Gasteiger partial charge in [0.25, 0.3) is 0 Å². The van der Waals surface area contributed by atoms with Crippen LogP contribution in [0.25, 0.3) is 0 Å². The number of aromatic nitrogens is 5. The first kappa shape index (κ1) is 22.4. The first-order chi connectivity index (χ1) is 11.8. The van der Waals surface area contributed by atoms with Gasteiger partial charge in [-0.3, -0.25) is 4.68 Å². The molecular formula is C17H31IN8.